The summed E-state index contributed by atoms with van der Waals surface area (Å²) in [5, 5.41) is 0. The molecule has 0 unspecified atom stereocenters. The van der Waals surface area contributed by atoms with Crippen molar-refractivity contribution in [3.8, 4) is 24.0 Å². The van der Waals surface area contributed by atoms with Gasteiger partial charge in [-0.15, -0.1) is 9.97 Å². The molecule has 0 bridgehead atoms. The molecule has 1 aliphatic rings. The van der Waals surface area contributed by atoms with Gasteiger partial charge in [-0.1, -0.05) is 13.8 Å². The zero-order valence-electron chi connectivity index (χ0n) is 37.6. The van der Waals surface area contributed by atoms with Gasteiger partial charge in [-0.05, 0) is 31.1 Å². The molecule has 2 heterocycles. The molecule has 464 valence electrons. The summed E-state index contributed by atoms with van der Waals surface area (Å²) in [7, 11) is 0. The van der Waals surface area contributed by atoms with Gasteiger partial charge in [0.15, 0.2) is 38.1 Å². The number of hydrogen-bond acceptors (Lipinski definition) is 10. The minimum Gasteiger partial charge on any atom is -0.457 e. The smallest absolute Gasteiger partial charge is 0.457 e. The van der Waals surface area contributed by atoms with E-state index in [1.165, 1.54) is 13.8 Å². The summed E-state index contributed by atoms with van der Waals surface area (Å²) in [5.74, 6) is -93.8. The average molecular weight is 1260 g/mol. The monoisotopic (exact) mass is 1260 g/mol. The maximum atomic E-state index is 14.6. The average Bonchev–Trinajstić information content (AvgIpc) is 3.27. The van der Waals surface area contributed by atoms with Crippen LogP contribution in [0, 0.1) is 5.41 Å². The standard InChI is InChI=1S/C34H22F36N6O4/c1-17(2)3-5-18(6-4-17,11-71-13(77-7-19(35,36)23(43,44)27(51,52)31(59,60)61)75-14(72-11)78-8-20(37,38)24(45,46)28(53,54)32(62,63)64)12-73-15(79-9-21(39,40)25(47,48)29(55,56)33(65,66)67)76-16(74-12)80-10-22(41,42)26(49,50)30(57,58)34(68,69)70/h3-10H2,1-2H3. The molecule has 10 nitrogen and oxygen atoms in total. The van der Waals surface area contributed by atoms with E-state index in [9.17, 15) is 158 Å². The summed E-state index contributed by atoms with van der Waals surface area (Å²) in [5.41, 5.74) is -4.66. The molecular weight excluding hydrogens is 1240 g/mol. The molecule has 0 aliphatic heterocycles. The van der Waals surface area contributed by atoms with Gasteiger partial charge in [0.2, 0.25) is 0 Å². The van der Waals surface area contributed by atoms with E-state index in [4.69, 9.17) is 0 Å². The van der Waals surface area contributed by atoms with Crippen LogP contribution in [0.3, 0.4) is 0 Å². The van der Waals surface area contributed by atoms with Crippen LogP contribution in [-0.4, -0.2) is 152 Å². The second-order valence-corrected chi connectivity index (χ2v) is 17.3. The fourth-order valence-corrected chi connectivity index (χ4v) is 5.88. The van der Waals surface area contributed by atoms with Crippen molar-refractivity contribution < 1.29 is 177 Å². The van der Waals surface area contributed by atoms with E-state index in [0.29, 0.717) is 0 Å². The van der Waals surface area contributed by atoms with E-state index in [1.807, 2.05) is 0 Å². The van der Waals surface area contributed by atoms with E-state index in [1.54, 1.807) is 0 Å². The molecule has 2 aromatic heterocycles. The predicted molar refractivity (Wildman–Crippen MR) is 178 cm³/mol. The number of aromatic nitrogens is 6. The first-order chi connectivity index (χ1) is 34.9. The second kappa shape index (κ2) is 20.2. The van der Waals surface area contributed by atoms with Crippen molar-refractivity contribution in [1.29, 1.82) is 0 Å². The van der Waals surface area contributed by atoms with Gasteiger partial charge < -0.3 is 18.9 Å². The Kier molecular flexibility index (Phi) is 17.5. The van der Waals surface area contributed by atoms with Crippen molar-refractivity contribution in [1.82, 2.24) is 29.9 Å². The molecule has 0 atom stereocenters. The van der Waals surface area contributed by atoms with Crippen LogP contribution in [0.4, 0.5) is 158 Å². The molecule has 46 heteroatoms. The Morgan fingerprint density at radius 2 is 0.450 bits per heavy atom. The normalized spacial score (nSPS) is 17.6. The lowest BCUT2D eigenvalue weighted by molar-refractivity contribution is -0.398. The highest BCUT2D eigenvalue weighted by molar-refractivity contribution is 5.28. The lowest BCUT2D eigenvalue weighted by Gasteiger charge is -2.41. The van der Waals surface area contributed by atoms with Crippen molar-refractivity contribution in [2.24, 2.45) is 5.41 Å². The van der Waals surface area contributed by atoms with Crippen LogP contribution in [0.1, 0.15) is 51.2 Å². The zero-order chi connectivity index (χ0) is 63.2. The second-order valence-electron chi connectivity index (χ2n) is 17.3. The fraction of sp³-hybridized carbons (Fsp3) is 0.824. The Balaban J connectivity index is 2.49. The molecule has 3 rings (SSSR count). The first kappa shape index (κ1) is 69.0. The molecule has 0 amide bonds. The molecule has 0 saturated heterocycles. The van der Waals surface area contributed by atoms with Gasteiger partial charge in [0.05, 0.1) is 5.41 Å². The van der Waals surface area contributed by atoms with Crippen molar-refractivity contribution in [2.75, 3.05) is 26.4 Å². The SMILES string of the molecule is CC1(C)CCC(c2nc(OCC(F)(F)C(F)(F)C(F)(F)C(F)(F)F)nc(OCC(F)(F)C(F)(F)C(F)(F)C(F)(F)F)n2)(c2nc(OCC(F)(F)C(F)(F)C(F)(F)C(F)(F)F)nc(OCC(F)(F)C(F)(F)C(F)(F)C(F)(F)F)n2)CC1. The molecule has 0 radical (unpaired) electrons. The van der Waals surface area contributed by atoms with E-state index in [2.05, 4.69) is 48.9 Å². The lowest BCUT2D eigenvalue weighted by atomic mass is 9.64. The van der Waals surface area contributed by atoms with Crippen LogP contribution in [0.15, 0.2) is 0 Å². The number of ether oxygens (including phenoxy) is 4. The highest BCUT2D eigenvalue weighted by atomic mass is 19.5. The lowest BCUT2D eigenvalue weighted by Crippen LogP contribution is -2.62. The molecule has 1 aliphatic carbocycles. The molecule has 0 aromatic carbocycles. The van der Waals surface area contributed by atoms with Crippen LogP contribution in [0.5, 0.6) is 24.0 Å². The van der Waals surface area contributed by atoms with Gasteiger partial charge in [0, 0.05) is 0 Å². The predicted octanol–water partition coefficient (Wildman–Crippen LogP) is 13.3. The summed E-state index contributed by atoms with van der Waals surface area (Å²) >= 11 is 0. The Morgan fingerprint density at radius 3 is 0.613 bits per heavy atom. The number of alkyl halides is 36. The summed E-state index contributed by atoms with van der Waals surface area (Å²) in [6.07, 6.45) is -34.6. The van der Waals surface area contributed by atoms with Crippen LogP contribution in [0.2, 0.25) is 0 Å². The largest absolute Gasteiger partial charge is 0.460 e. The van der Waals surface area contributed by atoms with Gasteiger partial charge >= 0.3 is 120 Å². The Bertz CT molecular complexity index is 2190. The minimum atomic E-state index is -7.80. The highest BCUT2D eigenvalue weighted by Gasteiger charge is 2.85. The minimum absolute atomic E-state index is 0.760. The summed E-state index contributed by atoms with van der Waals surface area (Å²) in [6, 6.07) is -10.2. The van der Waals surface area contributed by atoms with Crippen molar-refractivity contribution >= 4 is 0 Å². The maximum absolute atomic E-state index is 14.6. The Morgan fingerprint density at radius 1 is 0.275 bits per heavy atom. The quantitative estimate of drug-likeness (QED) is 0.106. The van der Waals surface area contributed by atoms with Crippen LogP contribution in [-0.2, 0) is 5.41 Å². The Hall–Kier alpha value is -5.30. The molecule has 0 spiro atoms. The molecule has 2 aromatic rings. The third-order valence-corrected chi connectivity index (χ3v) is 10.9. The van der Waals surface area contributed by atoms with Crippen LogP contribution >= 0.6 is 0 Å². The number of hydrogen-bond donors (Lipinski definition) is 0. The van der Waals surface area contributed by atoms with Crippen LogP contribution in [0.25, 0.3) is 0 Å². The number of rotatable bonds is 22. The van der Waals surface area contributed by atoms with Gasteiger partial charge in [0.1, 0.15) is 0 Å². The van der Waals surface area contributed by atoms with Crippen molar-refractivity contribution in [3.63, 3.8) is 0 Å². The molecular formula is C34H22F36N6O4. The van der Waals surface area contributed by atoms with Gasteiger partial charge in [-0.25, -0.2) is 0 Å². The number of halogens is 36. The molecule has 0 N–H and O–H groups in total. The molecule has 1 saturated carbocycles. The van der Waals surface area contributed by atoms with Gasteiger partial charge in [-0.2, -0.15) is 178 Å². The molecule has 1 fully saturated rings. The van der Waals surface area contributed by atoms with Gasteiger partial charge in [-0.3, -0.25) is 0 Å². The van der Waals surface area contributed by atoms with Gasteiger partial charge in [0.25, 0.3) is 0 Å². The van der Waals surface area contributed by atoms with E-state index in [-0.39, 0.29) is 0 Å². The van der Waals surface area contributed by atoms with Crippen molar-refractivity contribution in [2.45, 2.75) is 141 Å². The third kappa shape index (κ3) is 12.0. The highest BCUT2D eigenvalue weighted by Crippen LogP contribution is 2.58. The van der Waals surface area contributed by atoms with E-state index < -0.39 is 194 Å². The number of nitrogens with zero attached hydrogens (tertiary/aromatic N) is 6. The summed E-state index contributed by atoms with van der Waals surface area (Å²) in [6.45, 7) is -12.4. The third-order valence-electron chi connectivity index (χ3n) is 10.9. The van der Waals surface area contributed by atoms with E-state index in [0.717, 1.165) is 0 Å². The summed E-state index contributed by atoms with van der Waals surface area (Å²) in [4.78, 5) is 17.0. The van der Waals surface area contributed by atoms with Crippen molar-refractivity contribution in [3.05, 3.63) is 11.6 Å². The Labute approximate surface area is 415 Å². The maximum Gasteiger partial charge on any atom is 0.460 e. The topological polar surface area (TPSA) is 114 Å². The van der Waals surface area contributed by atoms with Crippen LogP contribution < -0.4 is 18.9 Å². The molecule has 80 heavy (non-hydrogen) atoms. The first-order valence-corrected chi connectivity index (χ1v) is 19.8. The summed E-state index contributed by atoms with van der Waals surface area (Å²) < 4.78 is 507. The van der Waals surface area contributed by atoms with E-state index >= 15 is 0 Å². The zero-order valence-corrected chi connectivity index (χ0v) is 37.6. The first-order valence-electron chi connectivity index (χ1n) is 19.8. The fourth-order valence-electron chi connectivity index (χ4n) is 5.88.